The minimum atomic E-state index is -0.443. The highest BCUT2D eigenvalue weighted by molar-refractivity contribution is 5.36. The van der Waals surface area contributed by atoms with Gasteiger partial charge in [-0.2, -0.15) is 5.26 Å². The number of nitrogens with zero attached hydrogens (tertiary/aromatic N) is 1. The Balaban J connectivity index is 2.36. The quantitative estimate of drug-likeness (QED) is 0.861. The standard InChI is InChI=1S/C16H22N2/c1-15(2,12-17)13-7-6-8-14(11-13)16(18)9-4-3-5-10-16/h6-8,11H,3-5,9-10,18H2,1-2H3. The van der Waals surface area contributed by atoms with Crippen molar-refractivity contribution in [1.82, 2.24) is 0 Å². The van der Waals surface area contributed by atoms with Gasteiger partial charge >= 0.3 is 0 Å². The molecule has 2 nitrogen and oxygen atoms in total. The summed E-state index contributed by atoms with van der Waals surface area (Å²) in [6, 6.07) is 10.7. The fourth-order valence-electron chi connectivity index (χ4n) is 2.75. The summed E-state index contributed by atoms with van der Waals surface area (Å²) in [5, 5.41) is 9.23. The van der Waals surface area contributed by atoms with E-state index in [0.29, 0.717) is 0 Å². The lowest BCUT2D eigenvalue weighted by Crippen LogP contribution is -2.38. The van der Waals surface area contributed by atoms with E-state index in [2.05, 4.69) is 18.2 Å². The van der Waals surface area contributed by atoms with E-state index in [-0.39, 0.29) is 5.54 Å². The van der Waals surface area contributed by atoms with Crippen LogP contribution in [0.3, 0.4) is 0 Å². The van der Waals surface area contributed by atoms with E-state index in [9.17, 15) is 5.26 Å². The van der Waals surface area contributed by atoms with Gasteiger partial charge in [0.2, 0.25) is 0 Å². The first-order chi connectivity index (χ1) is 8.48. The van der Waals surface area contributed by atoms with E-state index < -0.39 is 5.41 Å². The zero-order valence-corrected chi connectivity index (χ0v) is 11.4. The van der Waals surface area contributed by atoms with Crippen molar-refractivity contribution in [3.05, 3.63) is 35.4 Å². The van der Waals surface area contributed by atoms with Gasteiger partial charge in [-0.1, -0.05) is 43.5 Å². The van der Waals surface area contributed by atoms with Crippen molar-refractivity contribution in [1.29, 1.82) is 5.26 Å². The monoisotopic (exact) mass is 242 g/mol. The van der Waals surface area contributed by atoms with E-state index in [4.69, 9.17) is 5.73 Å². The molecule has 2 rings (SSSR count). The first kappa shape index (κ1) is 13.1. The number of hydrogen-bond acceptors (Lipinski definition) is 2. The highest BCUT2D eigenvalue weighted by Gasteiger charge is 2.30. The minimum absolute atomic E-state index is 0.181. The highest BCUT2D eigenvalue weighted by Crippen LogP contribution is 2.36. The molecule has 1 aliphatic rings. The summed E-state index contributed by atoms with van der Waals surface area (Å²) in [7, 11) is 0. The lowest BCUT2D eigenvalue weighted by molar-refractivity contribution is 0.302. The van der Waals surface area contributed by atoms with Gasteiger partial charge < -0.3 is 5.73 Å². The normalized spacial score (nSPS) is 19.2. The lowest BCUT2D eigenvalue weighted by atomic mass is 9.75. The van der Waals surface area contributed by atoms with Crippen LogP contribution in [0.4, 0.5) is 0 Å². The van der Waals surface area contributed by atoms with Crippen LogP contribution >= 0.6 is 0 Å². The molecule has 18 heavy (non-hydrogen) atoms. The summed E-state index contributed by atoms with van der Waals surface area (Å²) in [5.41, 5.74) is 8.19. The topological polar surface area (TPSA) is 49.8 Å². The smallest absolute Gasteiger partial charge is 0.0766 e. The Morgan fingerprint density at radius 1 is 1.22 bits per heavy atom. The van der Waals surface area contributed by atoms with Crippen LogP contribution in [0.25, 0.3) is 0 Å². The molecule has 0 amide bonds. The van der Waals surface area contributed by atoms with Crippen LogP contribution < -0.4 is 5.73 Å². The lowest BCUT2D eigenvalue weighted by Gasteiger charge is -2.34. The van der Waals surface area contributed by atoms with Gasteiger partial charge in [0.1, 0.15) is 0 Å². The molecule has 1 fully saturated rings. The molecule has 1 aromatic carbocycles. The van der Waals surface area contributed by atoms with Crippen LogP contribution in [0, 0.1) is 11.3 Å². The van der Waals surface area contributed by atoms with Gasteiger partial charge in [-0.05, 0) is 37.8 Å². The minimum Gasteiger partial charge on any atom is -0.321 e. The largest absolute Gasteiger partial charge is 0.321 e. The number of rotatable bonds is 2. The van der Waals surface area contributed by atoms with Crippen molar-refractivity contribution in [2.45, 2.75) is 56.9 Å². The van der Waals surface area contributed by atoms with E-state index in [1.54, 1.807) is 0 Å². The fraction of sp³-hybridized carbons (Fsp3) is 0.562. The predicted octanol–water partition coefficient (Wildman–Crippen LogP) is 3.61. The average Bonchev–Trinajstić information content (AvgIpc) is 2.40. The average molecular weight is 242 g/mol. The van der Waals surface area contributed by atoms with Crippen molar-refractivity contribution in [3.63, 3.8) is 0 Å². The first-order valence-electron chi connectivity index (χ1n) is 6.79. The third kappa shape index (κ3) is 2.42. The van der Waals surface area contributed by atoms with E-state index in [0.717, 1.165) is 18.4 Å². The molecular weight excluding hydrogens is 220 g/mol. The van der Waals surface area contributed by atoms with Gasteiger partial charge in [0.05, 0.1) is 11.5 Å². The van der Waals surface area contributed by atoms with Crippen LogP contribution in [0.5, 0.6) is 0 Å². The summed E-state index contributed by atoms with van der Waals surface area (Å²) in [6.07, 6.45) is 5.83. The summed E-state index contributed by atoms with van der Waals surface area (Å²) >= 11 is 0. The maximum atomic E-state index is 9.23. The van der Waals surface area contributed by atoms with Crippen LogP contribution in [-0.2, 0) is 11.0 Å². The molecule has 2 heteroatoms. The van der Waals surface area contributed by atoms with Gasteiger partial charge in [-0.3, -0.25) is 0 Å². The fourth-order valence-corrected chi connectivity index (χ4v) is 2.75. The number of nitriles is 1. The van der Waals surface area contributed by atoms with Crippen molar-refractivity contribution in [2.24, 2.45) is 5.73 Å². The van der Waals surface area contributed by atoms with Gasteiger partial charge in [-0.15, -0.1) is 0 Å². The van der Waals surface area contributed by atoms with Crippen LogP contribution in [-0.4, -0.2) is 0 Å². The molecule has 1 aromatic rings. The number of hydrogen-bond donors (Lipinski definition) is 1. The molecule has 0 aliphatic heterocycles. The van der Waals surface area contributed by atoms with Crippen molar-refractivity contribution in [2.75, 3.05) is 0 Å². The maximum absolute atomic E-state index is 9.23. The first-order valence-corrected chi connectivity index (χ1v) is 6.79. The molecule has 0 spiro atoms. The third-order valence-electron chi connectivity index (χ3n) is 4.18. The molecule has 0 heterocycles. The second-order valence-corrected chi connectivity index (χ2v) is 6.03. The summed E-state index contributed by atoms with van der Waals surface area (Å²) in [4.78, 5) is 0. The summed E-state index contributed by atoms with van der Waals surface area (Å²) < 4.78 is 0. The Hall–Kier alpha value is -1.33. The molecule has 0 saturated heterocycles. The zero-order valence-electron chi connectivity index (χ0n) is 11.4. The Kier molecular flexibility index (Phi) is 3.45. The molecule has 0 bridgehead atoms. The molecular formula is C16H22N2. The van der Waals surface area contributed by atoms with Gasteiger partial charge in [-0.25, -0.2) is 0 Å². The van der Waals surface area contributed by atoms with Crippen LogP contribution in [0.15, 0.2) is 24.3 Å². The third-order valence-corrected chi connectivity index (χ3v) is 4.18. The Morgan fingerprint density at radius 3 is 2.50 bits per heavy atom. The molecule has 96 valence electrons. The number of nitrogens with two attached hydrogens (primary N) is 1. The SMILES string of the molecule is CC(C)(C#N)c1cccc(C2(N)CCCCC2)c1. The number of benzene rings is 1. The Labute approximate surface area is 110 Å². The van der Waals surface area contributed by atoms with Crippen LogP contribution in [0.1, 0.15) is 57.1 Å². The van der Waals surface area contributed by atoms with Crippen molar-refractivity contribution in [3.8, 4) is 6.07 Å². The molecule has 0 unspecified atom stereocenters. The Bertz CT molecular complexity index is 462. The van der Waals surface area contributed by atoms with E-state index in [1.165, 1.54) is 24.8 Å². The molecule has 1 aliphatic carbocycles. The second-order valence-electron chi connectivity index (χ2n) is 6.03. The zero-order chi connectivity index (χ0) is 13.2. The van der Waals surface area contributed by atoms with Gasteiger partial charge in [0.15, 0.2) is 0 Å². The van der Waals surface area contributed by atoms with E-state index in [1.807, 2.05) is 26.0 Å². The second kappa shape index (κ2) is 4.74. The molecule has 0 atom stereocenters. The maximum Gasteiger partial charge on any atom is 0.0766 e. The highest BCUT2D eigenvalue weighted by atomic mass is 14.7. The van der Waals surface area contributed by atoms with Crippen molar-refractivity contribution >= 4 is 0 Å². The molecule has 1 saturated carbocycles. The van der Waals surface area contributed by atoms with Crippen molar-refractivity contribution < 1.29 is 0 Å². The molecule has 0 radical (unpaired) electrons. The summed E-state index contributed by atoms with van der Waals surface area (Å²) in [6.45, 7) is 3.91. The Morgan fingerprint density at radius 2 is 1.89 bits per heavy atom. The van der Waals surface area contributed by atoms with Crippen LogP contribution in [0.2, 0.25) is 0 Å². The van der Waals surface area contributed by atoms with Gasteiger partial charge in [0, 0.05) is 5.54 Å². The van der Waals surface area contributed by atoms with Gasteiger partial charge in [0.25, 0.3) is 0 Å². The molecule has 0 aromatic heterocycles. The molecule has 2 N–H and O–H groups in total. The summed E-state index contributed by atoms with van der Waals surface area (Å²) in [5.74, 6) is 0. The van der Waals surface area contributed by atoms with E-state index >= 15 is 0 Å². The predicted molar refractivity (Wildman–Crippen MR) is 74.0 cm³/mol.